The van der Waals surface area contributed by atoms with Crippen molar-refractivity contribution in [2.24, 2.45) is 0 Å². The van der Waals surface area contributed by atoms with Gasteiger partial charge < -0.3 is 9.47 Å². The smallest absolute Gasteiger partial charge is 0.0709 e. The summed E-state index contributed by atoms with van der Waals surface area (Å²) in [5, 5.41) is 2.49. The Balaban J connectivity index is 0.968. The minimum atomic E-state index is 0.918. The van der Waals surface area contributed by atoms with Crippen molar-refractivity contribution in [1.29, 1.82) is 0 Å². The number of pyridine rings is 2. The second kappa shape index (κ2) is 18.7. The number of nitrogens with zero attached hydrogens (tertiary/aromatic N) is 4. The van der Waals surface area contributed by atoms with Crippen LogP contribution in [0.3, 0.4) is 0 Å². The average molecular weight is 925 g/mol. The second-order valence-electron chi connectivity index (χ2n) is 18.9. The number of aromatic nitrogens is 3. The fraction of sp³-hybridized carbons (Fsp3) is 0.0588. The summed E-state index contributed by atoms with van der Waals surface area (Å²) in [6.45, 7) is 8.77. The van der Waals surface area contributed by atoms with Crippen LogP contribution < -0.4 is 4.90 Å². The SMILES string of the molecule is Cc1cnc(-c2cccc(N(c3cccc(-c4cc(-c5ccc(-c6ccccc6)cc5)c(C)cn4)c3)c3c(C)cc(-n4c5ccccc5c5ccccc54)cc3C)c2)cc1-c1ccc(-c2ccccc2)cc1. The van der Waals surface area contributed by atoms with Crippen molar-refractivity contribution >= 4 is 38.9 Å². The minimum absolute atomic E-state index is 0.918. The largest absolute Gasteiger partial charge is 0.310 e. The highest BCUT2D eigenvalue weighted by Gasteiger charge is 2.22. The van der Waals surface area contributed by atoms with Crippen LogP contribution in [0.4, 0.5) is 17.1 Å². The molecule has 0 aliphatic heterocycles. The standard InChI is InChI=1S/C68H52N4/c1-45-37-59(72-66-27-13-11-25-60(66)61-26-12-14-28-67(61)72)38-46(2)68(45)71(57-23-15-21-55(39-57)64-41-62(47(3)43-69-64)53-33-29-51(30-34-53)49-17-7-5-8-18-49)58-24-16-22-56(40-58)65-42-63(48(4)44-70-65)54-35-31-52(32-36-54)50-19-9-6-10-20-50/h5-44H,1-4H3. The van der Waals surface area contributed by atoms with Gasteiger partial charge in [0, 0.05) is 51.4 Å². The molecule has 0 aliphatic carbocycles. The molecule has 0 saturated carbocycles. The topological polar surface area (TPSA) is 34.0 Å². The lowest BCUT2D eigenvalue weighted by Crippen LogP contribution is -2.14. The molecule has 3 aromatic heterocycles. The molecule has 4 nitrogen and oxygen atoms in total. The van der Waals surface area contributed by atoms with E-state index in [1.54, 1.807) is 0 Å². The zero-order valence-electron chi connectivity index (χ0n) is 40.9. The Morgan fingerprint density at radius 3 is 1.14 bits per heavy atom. The van der Waals surface area contributed by atoms with E-state index in [0.29, 0.717) is 0 Å². The van der Waals surface area contributed by atoms with Crippen molar-refractivity contribution in [2.45, 2.75) is 27.7 Å². The van der Waals surface area contributed by atoms with Crippen LogP contribution in [-0.4, -0.2) is 14.5 Å². The van der Waals surface area contributed by atoms with E-state index in [1.165, 1.54) is 55.2 Å². The van der Waals surface area contributed by atoms with E-state index in [-0.39, 0.29) is 0 Å². The molecule has 0 bridgehead atoms. The van der Waals surface area contributed by atoms with Crippen LogP contribution in [0.1, 0.15) is 22.3 Å². The van der Waals surface area contributed by atoms with Gasteiger partial charge in [-0.3, -0.25) is 9.97 Å². The fourth-order valence-corrected chi connectivity index (χ4v) is 10.6. The molecule has 0 N–H and O–H groups in total. The van der Waals surface area contributed by atoms with E-state index in [1.807, 2.05) is 12.4 Å². The number of hydrogen-bond acceptors (Lipinski definition) is 3. The molecule has 0 saturated heterocycles. The third kappa shape index (κ3) is 8.23. The Labute approximate surface area is 421 Å². The molecule has 0 radical (unpaired) electrons. The van der Waals surface area contributed by atoms with Crippen molar-refractivity contribution < 1.29 is 0 Å². The summed E-state index contributed by atoms with van der Waals surface area (Å²) in [7, 11) is 0. The number of benzene rings is 9. The molecule has 0 aliphatic rings. The molecule has 0 spiro atoms. The van der Waals surface area contributed by atoms with Gasteiger partial charge in [-0.2, -0.15) is 0 Å². The lowest BCUT2D eigenvalue weighted by atomic mass is 9.96. The van der Waals surface area contributed by atoms with Crippen molar-refractivity contribution in [3.63, 3.8) is 0 Å². The van der Waals surface area contributed by atoms with E-state index in [2.05, 4.69) is 268 Å². The van der Waals surface area contributed by atoms with Gasteiger partial charge in [0.05, 0.1) is 28.1 Å². The van der Waals surface area contributed by atoms with Gasteiger partial charge in [-0.1, -0.05) is 170 Å². The summed E-state index contributed by atoms with van der Waals surface area (Å²) >= 11 is 0. The van der Waals surface area contributed by atoms with Crippen LogP contribution >= 0.6 is 0 Å². The van der Waals surface area contributed by atoms with E-state index in [0.717, 1.165) is 78.6 Å². The zero-order valence-corrected chi connectivity index (χ0v) is 40.9. The Bertz CT molecular complexity index is 3690. The summed E-state index contributed by atoms with van der Waals surface area (Å²) in [4.78, 5) is 12.5. The van der Waals surface area contributed by atoms with Gasteiger partial charge in [0.2, 0.25) is 0 Å². The number of anilines is 3. The lowest BCUT2D eigenvalue weighted by molar-refractivity contribution is 1.14. The summed E-state index contributed by atoms with van der Waals surface area (Å²) in [6, 6.07) is 83.1. The highest BCUT2D eigenvalue weighted by Crippen LogP contribution is 2.44. The van der Waals surface area contributed by atoms with Gasteiger partial charge in [-0.25, -0.2) is 0 Å². The molecule has 0 amide bonds. The number of rotatable bonds is 10. The van der Waals surface area contributed by atoms with E-state index in [9.17, 15) is 0 Å². The predicted molar refractivity (Wildman–Crippen MR) is 303 cm³/mol. The highest BCUT2D eigenvalue weighted by molar-refractivity contribution is 6.09. The summed E-state index contributed by atoms with van der Waals surface area (Å²) in [5.41, 5.74) is 24.7. The first-order chi connectivity index (χ1) is 35.3. The number of hydrogen-bond donors (Lipinski definition) is 0. The van der Waals surface area contributed by atoms with Gasteiger partial charge >= 0.3 is 0 Å². The van der Waals surface area contributed by atoms with Crippen molar-refractivity contribution in [2.75, 3.05) is 4.90 Å². The quantitative estimate of drug-likeness (QED) is 0.137. The van der Waals surface area contributed by atoms with Gasteiger partial charge in [0.1, 0.15) is 0 Å². The first-order valence-electron chi connectivity index (χ1n) is 24.7. The van der Waals surface area contributed by atoms with E-state index in [4.69, 9.17) is 9.97 Å². The first kappa shape index (κ1) is 44.1. The van der Waals surface area contributed by atoms with Crippen LogP contribution in [-0.2, 0) is 0 Å². The van der Waals surface area contributed by atoms with Crippen molar-refractivity contribution in [3.8, 4) is 72.7 Å². The van der Waals surface area contributed by atoms with Crippen LogP contribution in [0.25, 0.3) is 94.5 Å². The monoisotopic (exact) mass is 924 g/mol. The molecular formula is C68H52N4. The predicted octanol–water partition coefficient (Wildman–Crippen LogP) is 18.3. The third-order valence-electron chi connectivity index (χ3n) is 14.2. The fourth-order valence-electron chi connectivity index (χ4n) is 10.6. The Hall–Kier alpha value is -9.12. The average Bonchev–Trinajstić information content (AvgIpc) is 3.77. The molecule has 3 heterocycles. The first-order valence-corrected chi connectivity index (χ1v) is 24.7. The van der Waals surface area contributed by atoms with Crippen molar-refractivity contribution in [1.82, 2.24) is 14.5 Å². The molecule has 12 aromatic rings. The Morgan fingerprint density at radius 1 is 0.319 bits per heavy atom. The lowest BCUT2D eigenvalue weighted by Gasteiger charge is -2.30. The maximum atomic E-state index is 5.06. The van der Waals surface area contributed by atoms with Gasteiger partial charge in [0.25, 0.3) is 0 Å². The molecule has 0 atom stereocenters. The second-order valence-corrected chi connectivity index (χ2v) is 18.9. The van der Waals surface area contributed by atoms with Crippen LogP contribution in [0, 0.1) is 27.7 Å². The molecule has 72 heavy (non-hydrogen) atoms. The summed E-state index contributed by atoms with van der Waals surface area (Å²) in [6.07, 6.45) is 4.01. The highest BCUT2D eigenvalue weighted by atomic mass is 15.1. The van der Waals surface area contributed by atoms with Crippen LogP contribution in [0.2, 0.25) is 0 Å². The third-order valence-corrected chi connectivity index (χ3v) is 14.2. The number of para-hydroxylation sites is 2. The number of aryl methyl sites for hydroxylation is 4. The summed E-state index contributed by atoms with van der Waals surface area (Å²) in [5.74, 6) is 0. The van der Waals surface area contributed by atoms with Crippen LogP contribution in [0.15, 0.2) is 243 Å². The molecule has 9 aromatic carbocycles. The molecule has 12 rings (SSSR count). The molecule has 0 fully saturated rings. The van der Waals surface area contributed by atoms with Gasteiger partial charge in [0.15, 0.2) is 0 Å². The van der Waals surface area contributed by atoms with E-state index >= 15 is 0 Å². The molecule has 344 valence electrons. The maximum absolute atomic E-state index is 5.06. The van der Waals surface area contributed by atoms with Crippen molar-refractivity contribution in [3.05, 3.63) is 265 Å². The Morgan fingerprint density at radius 2 is 0.694 bits per heavy atom. The zero-order chi connectivity index (χ0) is 48.7. The van der Waals surface area contributed by atoms with Gasteiger partial charge in [-0.05, 0) is 155 Å². The van der Waals surface area contributed by atoms with Gasteiger partial charge in [-0.15, -0.1) is 0 Å². The normalized spacial score (nSPS) is 11.3. The van der Waals surface area contributed by atoms with Crippen LogP contribution in [0.5, 0.6) is 0 Å². The molecular weight excluding hydrogens is 873 g/mol. The molecule has 0 unspecified atom stereocenters. The van der Waals surface area contributed by atoms with E-state index < -0.39 is 0 Å². The molecule has 4 heteroatoms. The maximum Gasteiger partial charge on any atom is 0.0709 e. The Kier molecular flexibility index (Phi) is 11.4. The summed E-state index contributed by atoms with van der Waals surface area (Å²) < 4.78 is 2.41. The number of fused-ring (bicyclic) bond motifs is 3. The minimum Gasteiger partial charge on any atom is -0.310 e.